The minimum atomic E-state index is -0.257. The molecule has 6 heteroatoms. The van der Waals surface area contributed by atoms with E-state index in [9.17, 15) is 9.59 Å². The van der Waals surface area contributed by atoms with E-state index < -0.39 is 0 Å². The van der Waals surface area contributed by atoms with Crippen molar-refractivity contribution in [3.8, 4) is 5.75 Å². The number of amides is 2. The maximum Gasteiger partial charge on any atom is 0.268 e. The van der Waals surface area contributed by atoms with Crippen molar-refractivity contribution < 1.29 is 19.1 Å². The van der Waals surface area contributed by atoms with Gasteiger partial charge in [-0.25, -0.2) is 0 Å². The normalized spacial score (nSPS) is 14.2. The minimum absolute atomic E-state index is 0.0646. The standard InChI is InChI=1S/C24H27NO4S/c1-4-28-16-8-15-25-23(26)21(18-11-13-19(14-12-18)29-17(2)3)22(24(25)27)30-20-9-6-5-7-10-20/h5-7,9-14,17H,4,8,15-16H2,1-3H3. The first-order valence-corrected chi connectivity index (χ1v) is 11.0. The Kier molecular flexibility index (Phi) is 7.71. The number of benzene rings is 2. The van der Waals surface area contributed by atoms with E-state index in [1.165, 1.54) is 16.7 Å². The van der Waals surface area contributed by atoms with Gasteiger partial charge in [-0.1, -0.05) is 42.1 Å². The van der Waals surface area contributed by atoms with Crippen molar-refractivity contribution in [3.63, 3.8) is 0 Å². The van der Waals surface area contributed by atoms with Crippen LogP contribution in [-0.2, 0) is 14.3 Å². The van der Waals surface area contributed by atoms with Crippen LogP contribution in [0.2, 0.25) is 0 Å². The fourth-order valence-corrected chi connectivity index (χ4v) is 4.19. The Morgan fingerprint density at radius 2 is 1.67 bits per heavy atom. The van der Waals surface area contributed by atoms with Crippen LogP contribution in [0.3, 0.4) is 0 Å². The third-order valence-corrected chi connectivity index (χ3v) is 5.57. The summed E-state index contributed by atoms with van der Waals surface area (Å²) in [4.78, 5) is 29.1. The van der Waals surface area contributed by atoms with Gasteiger partial charge in [-0.15, -0.1) is 0 Å². The molecule has 0 bridgehead atoms. The van der Waals surface area contributed by atoms with Gasteiger partial charge in [-0.3, -0.25) is 14.5 Å². The van der Waals surface area contributed by atoms with Crippen molar-refractivity contribution in [2.24, 2.45) is 0 Å². The van der Waals surface area contributed by atoms with Crippen LogP contribution < -0.4 is 4.74 Å². The Bertz CT molecular complexity index is 907. The van der Waals surface area contributed by atoms with Gasteiger partial charge < -0.3 is 9.47 Å². The molecule has 2 amide bonds. The molecule has 1 aliphatic rings. The molecule has 5 nitrogen and oxygen atoms in total. The number of nitrogens with zero attached hydrogens (tertiary/aromatic N) is 1. The summed E-state index contributed by atoms with van der Waals surface area (Å²) >= 11 is 1.33. The van der Waals surface area contributed by atoms with Crippen LogP contribution in [0.1, 0.15) is 32.8 Å². The van der Waals surface area contributed by atoms with E-state index >= 15 is 0 Å². The molecule has 0 aliphatic carbocycles. The van der Waals surface area contributed by atoms with Gasteiger partial charge >= 0.3 is 0 Å². The molecule has 30 heavy (non-hydrogen) atoms. The fraction of sp³-hybridized carbons (Fsp3) is 0.333. The Morgan fingerprint density at radius 3 is 2.30 bits per heavy atom. The topological polar surface area (TPSA) is 55.8 Å². The van der Waals surface area contributed by atoms with Gasteiger partial charge in [0.15, 0.2) is 0 Å². The number of imide groups is 1. The molecule has 0 N–H and O–H groups in total. The van der Waals surface area contributed by atoms with Crippen LogP contribution in [0, 0.1) is 0 Å². The third-order valence-electron chi connectivity index (χ3n) is 4.48. The summed E-state index contributed by atoms with van der Waals surface area (Å²) in [7, 11) is 0. The van der Waals surface area contributed by atoms with Gasteiger partial charge in [0.25, 0.3) is 11.8 Å². The van der Waals surface area contributed by atoms with Crippen molar-refractivity contribution in [1.82, 2.24) is 4.90 Å². The Balaban J connectivity index is 1.90. The van der Waals surface area contributed by atoms with Crippen molar-refractivity contribution in [2.75, 3.05) is 19.8 Å². The van der Waals surface area contributed by atoms with E-state index in [0.717, 1.165) is 16.2 Å². The highest BCUT2D eigenvalue weighted by molar-refractivity contribution is 8.04. The molecule has 0 saturated carbocycles. The van der Waals surface area contributed by atoms with Crippen LogP contribution in [0.5, 0.6) is 5.75 Å². The Hall–Kier alpha value is -2.57. The quantitative estimate of drug-likeness (QED) is 0.405. The van der Waals surface area contributed by atoms with Crippen LogP contribution >= 0.6 is 11.8 Å². The van der Waals surface area contributed by atoms with Crippen molar-refractivity contribution in [3.05, 3.63) is 65.1 Å². The maximum atomic E-state index is 13.2. The lowest BCUT2D eigenvalue weighted by Crippen LogP contribution is -2.33. The van der Waals surface area contributed by atoms with Gasteiger partial charge in [0.05, 0.1) is 16.6 Å². The average molecular weight is 426 g/mol. The molecule has 158 valence electrons. The highest BCUT2D eigenvalue weighted by Crippen LogP contribution is 2.40. The summed E-state index contributed by atoms with van der Waals surface area (Å²) in [5.74, 6) is 0.229. The van der Waals surface area contributed by atoms with Crippen LogP contribution in [0.4, 0.5) is 0 Å². The van der Waals surface area contributed by atoms with Gasteiger partial charge in [-0.05, 0) is 57.0 Å². The molecule has 1 heterocycles. The number of ether oxygens (including phenoxy) is 2. The smallest absolute Gasteiger partial charge is 0.268 e. The fourth-order valence-electron chi connectivity index (χ4n) is 3.15. The lowest BCUT2D eigenvalue weighted by atomic mass is 10.1. The summed E-state index contributed by atoms with van der Waals surface area (Å²) in [6, 6.07) is 17.0. The van der Waals surface area contributed by atoms with E-state index in [4.69, 9.17) is 9.47 Å². The van der Waals surface area contributed by atoms with Crippen LogP contribution in [-0.4, -0.2) is 42.6 Å². The highest BCUT2D eigenvalue weighted by Gasteiger charge is 2.39. The molecule has 0 fully saturated rings. The SMILES string of the molecule is CCOCCCN1C(=O)C(Sc2ccccc2)=C(c2ccc(OC(C)C)cc2)C1=O. The number of carbonyl (C=O) groups is 2. The molecule has 0 unspecified atom stereocenters. The lowest BCUT2D eigenvalue weighted by Gasteiger charge is -2.15. The molecule has 0 radical (unpaired) electrons. The summed E-state index contributed by atoms with van der Waals surface area (Å²) < 4.78 is 11.1. The predicted octanol–water partition coefficient (Wildman–Crippen LogP) is 4.77. The number of rotatable bonds is 10. The lowest BCUT2D eigenvalue weighted by molar-refractivity contribution is -0.136. The molecule has 0 spiro atoms. The first-order valence-electron chi connectivity index (χ1n) is 10.2. The predicted molar refractivity (Wildman–Crippen MR) is 119 cm³/mol. The molecule has 3 rings (SSSR count). The van der Waals surface area contributed by atoms with E-state index in [2.05, 4.69) is 0 Å². The first-order chi connectivity index (χ1) is 14.5. The van der Waals surface area contributed by atoms with E-state index in [0.29, 0.717) is 36.7 Å². The molecule has 0 aromatic heterocycles. The van der Waals surface area contributed by atoms with Gasteiger partial charge in [-0.2, -0.15) is 0 Å². The average Bonchev–Trinajstić information content (AvgIpc) is 2.96. The monoisotopic (exact) mass is 425 g/mol. The van der Waals surface area contributed by atoms with E-state index in [-0.39, 0.29) is 17.9 Å². The zero-order chi connectivity index (χ0) is 21.5. The second-order valence-electron chi connectivity index (χ2n) is 7.12. The van der Waals surface area contributed by atoms with Gasteiger partial charge in [0.2, 0.25) is 0 Å². The number of thioether (sulfide) groups is 1. The molecule has 2 aromatic rings. The van der Waals surface area contributed by atoms with Crippen molar-refractivity contribution in [2.45, 2.75) is 38.2 Å². The number of hydrogen-bond acceptors (Lipinski definition) is 5. The second-order valence-corrected chi connectivity index (χ2v) is 8.21. The van der Waals surface area contributed by atoms with Gasteiger partial charge in [0, 0.05) is 24.7 Å². The maximum absolute atomic E-state index is 13.2. The summed E-state index contributed by atoms with van der Waals surface area (Å²) in [6.07, 6.45) is 0.679. The second kappa shape index (κ2) is 10.5. The summed E-state index contributed by atoms with van der Waals surface area (Å²) in [5.41, 5.74) is 1.16. The third kappa shape index (κ3) is 5.32. The summed E-state index contributed by atoms with van der Waals surface area (Å²) in [5, 5.41) is 0. The van der Waals surface area contributed by atoms with Crippen LogP contribution in [0.15, 0.2) is 64.4 Å². The van der Waals surface area contributed by atoms with Crippen molar-refractivity contribution in [1.29, 1.82) is 0 Å². The minimum Gasteiger partial charge on any atom is -0.491 e. The van der Waals surface area contributed by atoms with E-state index in [1.807, 2.05) is 75.4 Å². The molecule has 1 aliphatic heterocycles. The number of carbonyl (C=O) groups excluding carboxylic acids is 2. The molecular formula is C24H27NO4S. The molecule has 2 aromatic carbocycles. The van der Waals surface area contributed by atoms with E-state index in [1.54, 1.807) is 0 Å². The molecule has 0 atom stereocenters. The Morgan fingerprint density at radius 1 is 0.967 bits per heavy atom. The zero-order valence-electron chi connectivity index (χ0n) is 17.6. The Labute approximate surface area is 182 Å². The zero-order valence-corrected chi connectivity index (χ0v) is 18.4. The number of hydrogen-bond donors (Lipinski definition) is 0. The molecule has 0 saturated heterocycles. The first kappa shape index (κ1) is 22.1. The highest BCUT2D eigenvalue weighted by atomic mass is 32.2. The largest absolute Gasteiger partial charge is 0.491 e. The summed E-state index contributed by atoms with van der Waals surface area (Å²) in [6.45, 7) is 7.33. The van der Waals surface area contributed by atoms with Gasteiger partial charge in [0.1, 0.15) is 5.75 Å². The molecular weight excluding hydrogens is 398 g/mol. The van der Waals surface area contributed by atoms with Crippen LogP contribution in [0.25, 0.3) is 5.57 Å². The van der Waals surface area contributed by atoms with Crippen molar-refractivity contribution >= 4 is 29.1 Å².